The number of anilines is 1. The normalized spacial score (nSPS) is 20.9. The lowest BCUT2D eigenvalue weighted by atomic mass is 10.1. The van der Waals surface area contributed by atoms with E-state index in [2.05, 4.69) is 20.9 Å². The van der Waals surface area contributed by atoms with Gasteiger partial charge in [-0.1, -0.05) is 42.5 Å². The first kappa shape index (κ1) is 19.8. The molecule has 1 aromatic heterocycles. The molecule has 0 spiro atoms. The number of carbonyl (C=O) groups is 1. The molecule has 1 N–H and O–H groups in total. The SMILES string of the molecule is C[C@@H]1CN(C(=O)Nc2cccc(-c3ncc4n3CCCC4)c2)C[C@H](c2ccccc2)O1. The summed E-state index contributed by atoms with van der Waals surface area (Å²) in [7, 11) is 0. The zero-order valence-corrected chi connectivity index (χ0v) is 17.8. The number of aromatic nitrogens is 2. The van der Waals surface area contributed by atoms with Gasteiger partial charge in [-0.2, -0.15) is 0 Å². The molecule has 5 rings (SSSR count). The highest BCUT2D eigenvalue weighted by molar-refractivity contribution is 5.90. The molecule has 0 aliphatic carbocycles. The van der Waals surface area contributed by atoms with Crippen LogP contribution in [-0.4, -0.2) is 39.7 Å². The van der Waals surface area contributed by atoms with Crippen LogP contribution in [0.5, 0.6) is 0 Å². The Kier molecular flexibility index (Phi) is 5.47. The highest BCUT2D eigenvalue weighted by Gasteiger charge is 2.29. The van der Waals surface area contributed by atoms with Crippen LogP contribution in [0.4, 0.5) is 10.5 Å². The van der Waals surface area contributed by atoms with Crippen LogP contribution in [0.2, 0.25) is 0 Å². The first-order valence-corrected chi connectivity index (χ1v) is 11.1. The second-order valence-corrected chi connectivity index (χ2v) is 8.44. The van der Waals surface area contributed by atoms with Crippen LogP contribution < -0.4 is 5.32 Å². The molecule has 6 nitrogen and oxygen atoms in total. The van der Waals surface area contributed by atoms with Crippen molar-refractivity contribution < 1.29 is 9.53 Å². The molecule has 2 amide bonds. The molecule has 0 radical (unpaired) electrons. The van der Waals surface area contributed by atoms with Gasteiger partial charge in [0.15, 0.2) is 0 Å². The van der Waals surface area contributed by atoms with Gasteiger partial charge in [0.25, 0.3) is 0 Å². The van der Waals surface area contributed by atoms with E-state index in [9.17, 15) is 4.79 Å². The minimum Gasteiger partial charge on any atom is -0.367 e. The third kappa shape index (κ3) is 4.21. The predicted molar refractivity (Wildman–Crippen MR) is 121 cm³/mol. The number of morpholine rings is 1. The van der Waals surface area contributed by atoms with Gasteiger partial charge in [-0.25, -0.2) is 9.78 Å². The number of benzene rings is 2. The minimum atomic E-state index is -0.113. The smallest absolute Gasteiger partial charge is 0.322 e. The second-order valence-electron chi connectivity index (χ2n) is 8.44. The molecular weight excluding hydrogens is 388 g/mol. The van der Waals surface area contributed by atoms with Crippen LogP contribution in [0.15, 0.2) is 60.8 Å². The van der Waals surface area contributed by atoms with E-state index in [4.69, 9.17) is 4.74 Å². The molecule has 2 aliphatic rings. The molecule has 2 aliphatic heterocycles. The Morgan fingerprint density at radius 1 is 1.10 bits per heavy atom. The van der Waals surface area contributed by atoms with Crippen LogP contribution in [0, 0.1) is 0 Å². The number of amides is 2. The number of fused-ring (bicyclic) bond motifs is 1. The van der Waals surface area contributed by atoms with Crippen molar-refractivity contribution in [3.63, 3.8) is 0 Å². The number of carbonyl (C=O) groups excluding carboxylic acids is 1. The molecule has 1 saturated heterocycles. The van der Waals surface area contributed by atoms with E-state index in [1.54, 1.807) is 0 Å². The number of nitrogens with one attached hydrogen (secondary N) is 1. The van der Waals surface area contributed by atoms with Crippen molar-refractivity contribution in [3.8, 4) is 11.4 Å². The summed E-state index contributed by atoms with van der Waals surface area (Å²) in [5.74, 6) is 0.981. The van der Waals surface area contributed by atoms with E-state index in [0.717, 1.165) is 35.6 Å². The molecule has 3 aromatic rings. The van der Waals surface area contributed by atoms with Crippen molar-refractivity contribution in [2.75, 3.05) is 18.4 Å². The number of aryl methyl sites for hydroxylation is 1. The van der Waals surface area contributed by atoms with Gasteiger partial charge >= 0.3 is 6.03 Å². The van der Waals surface area contributed by atoms with Gasteiger partial charge in [0, 0.05) is 36.2 Å². The molecule has 0 unspecified atom stereocenters. The van der Waals surface area contributed by atoms with Crippen LogP contribution in [0.3, 0.4) is 0 Å². The van der Waals surface area contributed by atoms with Crippen LogP contribution >= 0.6 is 0 Å². The van der Waals surface area contributed by atoms with Crippen molar-refractivity contribution in [2.45, 2.75) is 44.9 Å². The van der Waals surface area contributed by atoms with Crippen LogP contribution in [-0.2, 0) is 17.7 Å². The summed E-state index contributed by atoms with van der Waals surface area (Å²) >= 11 is 0. The zero-order valence-electron chi connectivity index (χ0n) is 17.8. The number of ether oxygens (including phenoxy) is 1. The van der Waals surface area contributed by atoms with E-state index in [-0.39, 0.29) is 18.2 Å². The van der Waals surface area contributed by atoms with Crippen molar-refractivity contribution in [1.29, 1.82) is 0 Å². The van der Waals surface area contributed by atoms with E-state index in [1.807, 2.05) is 66.6 Å². The van der Waals surface area contributed by atoms with Gasteiger partial charge in [0.05, 0.1) is 12.6 Å². The first-order chi connectivity index (χ1) is 15.2. The summed E-state index contributed by atoms with van der Waals surface area (Å²) in [5.41, 5.74) is 4.21. The summed E-state index contributed by atoms with van der Waals surface area (Å²) in [6.07, 6.45) is 5.35. The Morgan fingerprint density at radius 3 is 2.84 bits per heavy atom. The maximum Gasteiger partial charge on any atom is 0.322 e. The molecule has 0 bridgehead atoms. The summed E-state index contributed by atoms with van der Waals surface area (Å²) in [6.45, 7) is 4.13. The fraction of sp³-hybridized carbons (Fsp3) is 0.360. The highest BCUT2D eigenvalue weighted by atomic mass is 16.5. The van der Waals surface area contributed by atoms with Crippen LogP contribution in [0.1, 0.15) is 37.1 Å². The summed E-state index contributed by atoms with van der Waals surface area (Å²) in [4.78, 5) is 19.6. The lowest BCUT2D eigenvalue weighted by molar-refractivity contribution is -0.0642. The predicted octanol–water partition coefficient (Wildman–Crippen LogP) is 4.88. The number of rotatable bonds is 3. The minimum absolute atomic E-state index is 0.0209. The topological polar surface area (TPSA) is 59.4 Å². The third-order valence-electron chi connectivity index (χ3n) is 6.09. The molecule has 2 aromatic carbocycles. The van der Waals surface area contributed by atoms with Gasteiger partial charge in [0.2, 0.25) is 0 Å². The maximum atomic E-state index is 13.1. The summed E-state index contributed by atoms with van der Waals surface area (Å²) < 4.78 is 8.40. The number of urea groups is 1. The number of hydrogen-bond donors (Lipinski definition) is 1. The number of imidazole rings is 1. The van der Waals surface area contributed by atoms with E-state index < -0.39 is 0 Å². The molecule has 160 valence electrons. The Labute approximate surface area is 182 Å². The lowest BCUT2D eigenvalue weighted by Crippen LogP contribution is -2.47. The van der Waals surface area contributed by atoms with E-state index in [0.29, 0.717) is 13.1 Å². The average Bonchev–Trinajstić information content (AvgIpc) is 3.24. The molecule has 3 heterocycles. The van der Waals surface area contributed by atoms with Crippen molar-refractivity contribution >= 4 is 11.7 Å². The Morgan fingerprint density at radius 2 is 1.97 bits per heavy atom. The van der Waals surface area contributed by atoms with Gasteiger partial charge in [0.1, 0.15) is 11.9 Å². The largest absolute Gasteiger partial charge is 0.367 e. The molecule has 6 heteroatoms. The fourth-order valence-electron chi connectivity index (χ4n) is 4.57. The molecule has 0 saturated carbocycles. The molecule has 2 atom stereocenters. The zero-order chi connectivity index (χ0) is 21.2. The molecule has 1 fully saturated rings. The molecule has 31 heavy (non-hydrogen) atoms. The summed E-state index contributed by atoms with van der Waals surface area (Å²) in [5, 5.41) is 3.08. The Hall–Kier alpha value is -3.12. The van der Waals surface area contributed by atoms with Crippen molar-refractivity contribution in [1.82, 2.24) is 14.5 Å². The average molecular weight is 417 g/mol. The van der Waals surface area contributed by atoms with Crippen LogP contribution in [0.25, 0.3) is 11.4 Å². The standard InChI is InChI=1S/C25H28N4O2/c1-18-16-28(17-23(31-18)19-8-3-2-4-9-19)25(30)27-21-11-7-10-20(14-21)24-26-15-22-12-5-6-13-29(22)24/h2-4,7-11,14-15,18,23H,5-6,12-13,16-17H2,1H3,(H,27,30)/t18-,23-/m1/s1. The second kappa shape index (κ2) is 8.55. The van der Waals surface area contributed by atoms with Gasteiger partial charge < -0.3 is 19.5 Å². The molecular formula is C25H28N4O2. The number of nitrogens with zero attached hydrogens (tertiary/aromatic N) is 3. The highest BCUT2D eigenvalue weighted by Crippen LogP contribution is 2.28. The van der Waals surface area contributed by atoms with E-state index in [1.165, 1.54) is 18.5 Å². The van der Waals surface area contributed by atoms with E-state index >= 15 is 0 Å². The van der Waals surface area contributed by atoms with Crippen molar-refractivity contribution in [3.05, 3.63) is 72.1 Å². The Balaban J connectivity index is 1.31. The van der Waals surface area contributed by atoms with Gasteiger partial charge in [-0.15, -0.1) is 0 Å². The van der Waals surface area contributed by atoms with Gasteiger partial charge in [-0.3, -0.25) is 0 Å². The number of hydrogen-bond acceptors (Lipinski definition) is 3. The summed E-state index contributed by atoms with van der Waals surface area (Å²) in [6, 6.07) is 18.0. The monoisotopic (exact) mass is 416 g/mol. The maximum absolute atomic E-state index is 13.1. The quantitative estimate of drug-likeness (QED) is 0.662. The Bertz CT molecular complexity index is 1060. The lowest BCUT2D eigenvalue weighted by Gasteiger charge is -2.37. The van der Waals surface area contributed by atoms with Gasteiger partial charge in [-0.05, 0) is 43.9 Å². The fourth-order valence-corrected chi connectivity index (χ4v) is 4.57. The first-order valence-electron chi connectivity index (χ1n) is 11.1. The third-order valence-corrected chi connectivity index (χ3v) is 6.09. The van der Waals surface area contributed by atoms with Crippen molar-refractivity contribution in [2.24, 2.45) is 0 Å².